The zero-order valence-corrected chi connectivity index (χ0v) is 18.0. The van der Waals surface area contributed by atoms with Crippen LogP contribution in [0.1, 0.15) is 37.0 Å². The number of carbonyl (C=O) groups excluding carboxylic acids is 2. The van der Waals surface area contributed by atoms with Crippen LogP contribution in [0.5, 0.6) is 5.75 Å². The maximum atomic E-state index is 12.8. The second-order valence-electron chi connectivity index (χ2n) is 7.40. The molecule has 29 heavy (non-hydrogen) atoms. The van der Waals surface area contributed by atoms with E-state index >= 15 is 0 Å². The third-order valence-electron chi connectivity index (χ3n) is 4.74. The van der Waals surface area contributed by atoms with Gasteiger partial charge in [-0.1, -0.05) is 23.2 Å². The highest BCUT2D eigenvalue weighted by Gasteiger charge is 2.29. The highest BCUT2D eigenvalue weighted by Crippen LogP contribution is 2.25. The fraction of sp³-hybridized carbons (Fsp3) is 0.364. The molecular formula is C22H24Cl2N2O3. The summed E-state index contributed by atoms with van der Waals surface area (Å²) in [6.45, 7) is 4.91. The van der Waals surface area contributed by atoms with Crippen LogP contribution in [0.3, 0.4) is 0 Å². The molecule has 1 N–H and O–H groups in total. The Bertz CT molecular complexity index is 884. The normalized spacial score (nSPS) is 16.6. The molecule has 2 amide bonds. The maximum absolute atomic E-state index is 12.8. The van der Waals surface area contributed by atoms with Gasteiger partial charge in [-0.05, 0) is 69.2 Å². The molecule has 0 radical (unpaired) electrons. The van der Waals surface area contributed by atoms with E-state index in [2.05, 4.69) is 5.32 Å². The van der Waals surface area contributed by atoms with Gasteiger partial charge in [0.05, 0.1) is 22.1 Å². The van der Waals surface area contributed by atoms with Gasteiger partial charge in [-0.3, -0.25) is 9.59 Å². The summed E-state index contributed by atoms with van der Waals surface area (Å²) in [5.41, 5.74) is 1.18. The summed E-state index contributed by atoms with van der Waals surface area (Å²) in [5, 5.41) is 3.68. The first-order valence-electron chi connectivity index (χ1n) is 9.65. The number of anilines is 1. The molecule has 1 atom stereocenters. The number of nitrogens with one attached hydrogen (secondary N) is 1. The first kappa shape index (κ1) is 21.5. The highest BCUT2D eigenvalue weighted by atomic mass is 35.5. The van der Waals surface area contributed by atoms with E-state index in [0.29, 0.717) is 34.4 Å². The summed E-state index contributed by atoms with van der Waals surface area (Å²) >= 11 is 12.0. The van der Waals surface area contributed by atoms with E-state index in [-0.39, 0.29) is 23.8 Å². The van der Waals surface area contributed by atoms with Crippen molar-refractivity contribution in [2.75, 3.05) is 18.4 Å². The average molecular weight is 435 g/mol. The number of piperidine rings is 1. The number of nitrogens with zero attached hydrogens (tertiary/aromatic N) is 1. The summed E-state index contributed by atoms with van der Waals surface area (Å²) in [6.07, 6.45) is 1.61. The minimum atomic E-state index is -0.262. The number of likely N-dealkylation sites (tertiary alicyclic amines) is 1. The number of ether oxygens (including phenoxy) is 1. The van der Waals surface area contributed by atoms with Crippen molar-refractivity contribution < 1.29 is 14.3 Å². The Hall–Kier alpha value is -2.24. The van der Waals surface area contributed by atoms with Crippen molar-refractivity contribution in [1.29, 1.82) is 0 Å². The second kappa shape index (κ2) is 9.51. The van der Waals surface area contributed by atoms with Gasteiger partial charge in [-0.25, -0.2) is 0 Å². The van der Waals surface area contributed by atoms with Gasteiger partial charge in [0.15, 0.2) is 0 Å². The molecule has 0 bridgehead atoms. The number of hydrogen-bond acceptors (Lipinski definition) is 3. The molecule has 0 spiro atoms. The molecule has 1 aliphatic heterocycles. The fourth-order valence-electron chi connectivity index (χ4n) is 3.32. The lowest BCUT2D eigenvalue weighted by atomic mass is 9.96. The minimum absolute atomic E-state index is 0.0887. The molecule has 1 unspecified atom stereocenters. The number of hydrogen-bond donors (Lipinski definition) is 1. The molecule has 5 nitrogen and oxygen atoms in total. The Labute approximate surface area is 180 Å². The molecule has 2 aromatic rings. The molecule has 0 aliphatic carbocycles. The van der Waals surface area contributed by atoms with Gasteiger partial charge >= 0.3 is 0 Å². The summed E-state index contributed by atoms with van der Waals surface area (Å²) in [4.78, 5) is 27.2. The van der Waals surface area contributed by atoms with E-state index in [9.17, 15) is 9.59 Å². The van der Waals surface area contributed by atoms with Crippen molar-refractivity contribution in [3.63, 3.8) is 0 Å². The zero-order valence-electron chi connectivity index (χ0n) is 16.5. The van der Waals surface area contributed by atoms with E-state index < -0.39 is 0 Å². The topological polar surface area (TPSA) is 58.6 Å². The van der Waals surface area contributed by atoms with Crippen LogP contribution < -0.4 is 10.1 Å². The number of rotatable bonds is 5. The lowest BCUT2D eigenvalue weighted by Crippen LogP contribution is -2.43. The minimum Gasteiger partial charge on any atom is -0.491 e. The summed E-state index contributed by atoms with van der Waals surface area (Å²) < 4.78 is 5.61. The monoisotopic (exact) mass is 434 g/mol. The van der Waals surface area contributed by atoms with Crippen molar-refractivity contribution >= 4 is 40.7 Å². The molecule has 1 saturated heterocycles. The van der Waals surface area contributed by atoms with Crippen LogP contribution in [0.4, 0.5) is 5.69 Å². The van der Waals surface area contributed by atoms with Crippen LogP contribution in [0, 0.1) is 5.92 Å². The molecule has 1 aliphatic rings. The quantitative estimate of drug-likeness (QED) is 0.696. The van der Waals surface area contributed by atoms with Gasteiger partial charge in [0, 0.05) is 24.3 Å². The second-order valence-corrected chi connectivity index (χ2v) is 8.21. The first-order valence-corrected chi connectivity index (χ1v) is 10.4. The molecule has 1 fully saturated rings. The molecular weight excluding hydrogens is 411 g/mol. The Morgan fingerprint density at radius 1 is 1.10 bits per heavy atom. The van der Waals surface area contributed by atoms with Crippen LogP contribution in [0.15, 0.2) is 42.5 Å². The van der Waals surface area contributed by atoms with Crippen LogP contribution in [0.25, 0.3) is 0 Å². The van der Waals surface area contributed by atoms with Crippen LogP contribution in [-0.2, 0) is 4.79 Å². The predicted molar refractivity (Wildman–Crippen MR) is 116 cm³/mol. The largest absolute Gasteiger partial charge is 0.491 e. The van der Waals surface area contributed by atoms with Gasteiger partial charge in [0.1, 0.15) is 5.75 Å². The molecule has 2 aromatic carbocycles. The highest BCUT2D eigenvalue weighted by molar-refractivity contribution is 6.42. The van der Waals surface area contributed by atoms with Crippen molar-refractivity contribution in [2.24, 2.45) is 5.92 Å². The summed E-state index contributed by atoms with van der Waals surface area (Å²) in [5.74, 6) is 0.265. The molecule has 3 rings (SSSR count). The van der Waals surface area contributed by atoms with Gasteiger partial charge in [-0.15, -0.1) is 0 Å². The van der Waals surface area contributed by atoms with Gasteiger partial charge in [0.25, 0.3) is 5.91 Å². The van der Waals surface area contributed by atoms with Crippen LogP contribution in [0.2, 0.25) is 10.0 Å². The zero-order chi connectivity index (χ0) is 21.0. The number of halogens is 2. The smallest absolute Gasteiger partial charge is 0.253 e. The van der Waals surface area contributed by atoms with Crippen molar-refractivity contribution in [1.82, 2.24) is 4.90 Å². The standard InChI is InChI=1S/C22H24Cl2N2O3/c1-14(2)29-18-8-6-17(7-9-18)25-21(27)16-4-3-11-26(13-16)22(28)15-5-10-19(23)20(24)12-15/h5-10,12,14,16H,3-4,11,13H2,1-2H3,(H,25,27). The van der Waals surface area contributed by atoms with Crippen LogP contribution in [-0.4, -0.2) is 35.9 Å². The number of benzene rings is 2. The third-order valence-corrected chi connectivity index (χ3v) is 5.48. The van der Waals surface area contributed by atoms with Crippen molar-refractivity contribution in [2.45, 2.75) is 32.8 Å². The van der Waals surface area contributed by atoms with Crippen LogP contribution >= 0.6 is 23.2 Å². The number of carbonyl (C=O) groups is 2. The van der Waals surface area contributed by atoms with E-state index in [1.54, 1.807) is 23.1 Å². The maximum Gasteiger partial charge on any atom is 0.253 e. The SMILES string of the molecule is CC(C)Oc1ccc(NC(=O)C2CCCN(C(=O)c3ccc(Cl)c(Cl)c3)C2)cc1. The van der Waals surface area contributed by atoms with Gasteiger partial charge < -0.3 is 15.0 Å². The lowest BCUT2D eigenvalue weighted by molar-refractivity contribution is -0.121. The third kappa shape index (κ3) is 5.64. The average Bonchev–Trinajstić information content (AvgIpc) is 2.70. The Morgan fingerprint density at radius 2 is 1.83 bits per heavy atom. The van der Waals surface area contributed by atoms with Crippen molar-refractivity contribution in [3.05, 3.63) is 58.1 Å². The first-order chi connectivity index (χ1) is 13.8. The Kier molecular flexibility index (Phi) is 7.04. The molecule has 1 heterocycles. The number of amides is 2. The van der Waals surface area contributed by atoms with Crippen molar-refractivity contribution in [3.8, 4) is 5.75 Å². The summed E-state index contributed by atoms with van der Waals surface area (Å²) in [7, 11) is 0. The lowest BCUT2D eigenvalue weighted by Gasteiger charge is -2.32. The van der Waals surface area contributed by atoms with E-state index in [1.807, 2.05) is 38.1 Å². The van der Waals surface area contributed by atoms with E-state index in [1.165, 1.54) is 0 Å². The van der Waals surface area contributed by atoms with E-state index in [0.717, 1.165) is 18.6 Å². The fourth-order valence-corrected chi connectivity index (χ4v) is 3.62. The van der Waals surface area contributed by atoms with Gasteiger partial charge in [0.2, 0.25) is 5.91 Å². The molecule has 154 valence electrons. The molecule has 0 aromatic heterocycles. The molecule has 7 heteroatoms. The van der Waals surface area contributed by atoms with Gasteiger partial charge in [-0.2, -0.15) is 0 Å². The Balaban J connectivity index is 1.61. The van der Waals surface area contributed by atoms with E-state index in [4.69, 9.17) is 27.9 Å². The summed E-state index contributed by atoms with van der Waals surface area (Å²) in [6, 6.07) is 12.1. The molecule has 0 saturated carbocycles. The predicted octanol–water partition coefficient (Wildman–Crippen LogP) is 5.27. The Morgan fingerprint density at radius 3 is 2.48 bits per heavy atom.